The molecule has 0 unspecified atom stereocenters. The molecule has 0 radical (unpaired) electrons. The molecule has 88 valence electrons. The Balaban J connectivity index is 2.57. The quantitative estimate of drug-likeness (QED) is 0.762. The lowest BCUT2D eigenvalue weighted by Gasteiger charge is -2.16. The predicted octanol–water partition coefficient (Wildman–Crippen LogP) is 0.742. The number of amides is 2. The van der Waals surface area contributed by atoms with Crippen LogP contribution in [-0.4, -0.2) is 27.9 Å². The molecule has 1 aromatic heterocycles. The first kappa shape index (κ1) is 11.3. The third kappa shape index (κ3) is 1.89. The van der Waals surface area contributed by atoms with Gasteiger partial charge in [0.05, 0.1) is 5.69 Å². The molecule has 1 fully saturated rings. The molecule has 0 aliphatic carbocycles. The maximum Gasteiger partial charge on any atom is 0.356 e. The van der Waals surface area contributed by atoms with Crippen LogP contribution in [0, 0.1) is 6.92 Å². The van der Waals surface area contributed by atoms with E-state index in [0.29, 0.717) is 5.56 Å². The standard InChI is InChI=1S/C11H10N2O4/c1-6-4-7(10(11(16)17)12-5-6)13-8(14)2-3-9(13)15/h4-5H,2-3H2,1H3,(H,16,17). The molecule has 6 heteroatoms. The first-order valence-corrected chi connectivity index (χ1v) is 5.06. The Kier molecular flexibility index (Phi) is 2.63. The van der Waals surface area contributed by atoms with Crippen molar-refractivity contribution >= 4 is 23.5 Å². The minimum absolute atomic E-state index is 0.0602. The number of aryl methyl sites for hydroxylation is 1. The summed E-state index contributed by atoms with van der Waals surface area (Å²) in [5.74, 6) is -2.03. The SMILES string of the molecule is Cc1cnc(C(=O)O)c(N2C(=O)CCC2=O)c1. The molecule has 1 saturated heterocycles. The Bertz CT molecular complexity index is 508. The van der Waals surface area contributed by atoms with Crippen molar-refractivity contribution in [3.8, 4) is 0 Å². The van der Waals surface area contributed by atoms with Gasteiger partial charge >= 0.3 is 5.97 Å². The Hall–Kier alpha value is -2.24. The lowest BCUT2D eigenvalue weighted by atomic mass is 10.2. The lowest BCUT2D eigenvalue weighted by Crippen LogP contribution is -2.30. The zero-order chi connectivity index (χ0) is 12.6. The van der Waals surface area contributed by atoms with Gasteiger partial charge in [0.15, 0.2) is 5.69 Å². The average molecular weight is 234 g/mol. The summed E-state index contributed by atoms with van der Waals surface area (Å²) in [6.07, 6.45) is 1.62. The first-order chi connectivity index (χ1) is 8.00. The largest absolute Gasteiger partial charge is 0.476 e. The second-order valence-corrected chi connectivity index (χ2v) is 3.81. The molecule has 6 nitrogen and oxygen atoms in total. The minimum atomic E-state index is -1.26. The highest BCUT2D eigenvalue weighted by molar-refractivity contribution is 6.21. The van der Waals surface area contributed by atoms with Gasteiger partial charge < -0.3 is 5.11 Å². The zero-order valence-electron chi connectivity index (χ0n) is 9.14. The van der Waals surface area contributed by atoms with Crippen LogP contribution in [0.15, 0.2) is 12.3 Å². The molecule has 1 N–H and O–H groups in total. The number of carboxylic acids is 1. The van der Waals surface area contributed by atoms with Crippen LogP contribution in [-0.2, 0) is 9.59 Å². The van der Waals surface area contributed by atoms with Crippen molar-refractivity contribution in [2.75, 3.05) is 4.90 Å². The molecule has 17 heavy (non-hydrogen) atoms. The highest BCUT2D eigenvalue weighted by atomic mass is 16.4. The van der Waals surface area contributed by atoms with Crippen molar-refractivity contribution in [3.05, 3.63) is 23.5 Å². The Labute approximate surface area is 96.9 Å². The molecule has 2 heterocycles. The summed E-state index contributed by atoms with van der Waals surface area (Å²) in [4.78, 5) is 38.8. The van der Waals surface area contributed by atoms with Crippen LogP contribution in [0.25, 0.3) is 0 Å². The van der Waals surface area contributed by atoms with Crippen LogP contribution in [0.4, 0.5) is 5.69 Å². The topological polar surface area (TPSA) is 87.6 Å². The van der Waals surface area contributed by atoms with E-state index in [-0.39, 0.29) is 36.0 Å². The number of anilines is 1. The number of carbonyl (C=O) groups excluding carboxylic acids is 2. The smallest absolute Gasteiger partial charge is 0.356 e. The fourth-order valence-electron chi connectivity index (χ4n) is 1.73. The lowest BCUT2D eigenvalue weighted by molar-refractivity contribution is -0.121. The molecule has 2 rings (SSSR count). The number of aromatic nitrogens is 1. The third-order valence-corrected chi connectivity index (χ3v) is 2.50. The van der Waals surface area contributed by atoms with Gasteiger partial charge in [0, 0.05) is 19.0 Å². The number of pyridine rings is 1. The van der Waals surface area contributed by atoms with Crippen LogP contribution >= 0.6 is 0 Å². The maximum absolute atomic E-state index is 11.6. The number of hydrogen-bond acceptors (Lipinski definition) is 4. The van der Waals surface area contributed by atoms with Crippen LogP contribution in [0.5, 0.6) is 0 Å². The van der Waals surface area contributed by atoms with E-state index in [1.807, 2.05) is 0 Å². The van der Waals surface area contributed by atoms with Crippen molar-refractivity contribution < 1.29 is 19.5 Å². The summed E-state index contributed by atoms with van der Waals surface area (Å²) in [5, 5.41) is 8.98. The van der Waals surface area contributed by atoms with Gasteiger partial charge in [-0.2, -0.15) is 0 Å². The number of carbonyl (C=O) groups is 3. The summed E-state index contributed by atoms with van der Waals surface area (Å²) < 4.78 is 0. The van der Waals surface area contributed by atoms with Crippen LogP contribution < -0.4 is 4.90 Å². The van der Waals surface area contributed by atoms with Crippen LogP contribution in [0.3, 0.4) is 0 Å². The number of aromatic carboxylic acids is 1. The number of imide groups is 1. The van der Waals surface area contributed by atoms with E-state index < -0.39 is 5.97 Å². The van der Waals surface area contributed by atoms with Gasteiger partial charge in [-0.3, -0.25) is 9.59 Å². The highest BCUT2D eigenvalue weighted by Crippen LogP contribution is 2.26. The van der Waals surface area contributed by atoms with Gasteiger partial charge in [0.2, 0.25) is 11.8 Å². The van der Waals surface area contributed by atoms with Gasteiger partial charge in [0.1, 0.15) is 0 Å². The fourth-order valence-corrected chi connectivity index (χ4v) is 1.73. The molecular weight excluding hydrogens is 224 g/mol. The van der Waals surface area contributed by atoms with E-state index >= 15 is 0 Å². The monoisotopic (exact) mass is 234 g/mol. The van der Waals surface area contributed by atoms with E-state index in [4.69, 9.17) is 5.11 Å². The number of nitrogens with zero attached hydrogens (tertiary/aromatic N) is 2. The normalized spacial score (nSPS) is 15.5. The Morgan fingerprint density at radius 2 is 1.94 bits per heavy atom. The summed E-state index contributed by atoms with van der Waals surface area (Å²) >= 11 is 0. The number of carboxylic acid groups (broad SMARTS) is 1. The molecule has 0 atom stereocenters. The molecular formula is C11H10N2O4. The number of hydrogen-bond donors (Lipinski definition) is 1. The second-order valence-electron chi connectivity index (χ2n) is 3.81. The van der Waals surface area contributed by atoms with Crippen molar-refractivity contribution in [3.63, 3.8) is 0 Å². The van der Waals surface area contributed by atoms with Gasteiger partial charge in [0.25, 0.3) is 0 Å². The van der Waals surface area contributed by atoms with Crippen LogP contribution in [0.2, 0.25) is 0 Å². The summed E-state index contributed by atoms with van der Waals surface area (Å²) in [7, 11) is 0. The number of rotatable bonds is 2. The molecule has 1 aliphatic heterocycles. The molecule has 1 aromatic rings. The third-order valence-electron chi connectivity index (χ3n) is 2.50. The highest BCUT2D eigenvalue weighted by Gasteiger charge is 2.33. The summed E-state index contributed by atoms with van der Waals surface area (Å²) in [5.41, 5.74) is 0.474. The fraction of sp³-hybridized carbons (Fsp3) is 0.273. The van der Waals surface area contributed by atoms with Crippen molar-refractivity contribution in [1.82, 2.24) is 4.98 Å². The molecule has 0 spiro atoms. The van der Waals surface area contributed by atoms with Gasteiger partial charge in [-0.05, 0) is 18.6 Å². The molecule has 0 aromatic carbocycles. The Morgan fingerprint density at radius 1 is 1.35 bits per heavy atom. The minimum Gasteiger partial charge on any atom is -0.476 e. The zero-order valence-corrected chi connectivity index (χ0v) is 9.14. The molecule has 0 saturated carbocycles. The van der Waals surface area contributed by atoms with Crippen molar-refractivity contribution in [2.24, 2.45) is 0 Å². The summed E-state index contributed by atoms with van der Waals surface area (Å²) in [6.45, 7) is 1.72. The van der Waals surface area contributed by atoms with Gasteiger partial charge in [-0.15, -0.1) is 0 Å². The van der Waals surface area contributed by atoms with E-state index in [9.17, 15) is 14.4 Å². The van der Waals surface area contributed by atoms with E-state index in [0.717, 1.165) is 4.90 Å². The van der Waals surface area contributed by atoms with Crippen LogP contribution in [0.1, 0.15) is 28.9 Å². The van der Waals surface area contributed by atoms with Gasteiger partial charge in [-0.25, -0.2) is 14.7 Å². The molecule has 0 bridgehead atoms. The first-order valence-electron chi connectivity index (χ1n) is 5.06. The van der Waals surface area contributed by atoms with Gasteiger partial charge in [-0.1, -0.05) is 0 Å². The second kappa shape index (κ2) is 3.97. The van der Waals surface area contributed by atoms with Crippen molar-refractivity contribution in [2.45, 2.75) is 19.8 Å². The average Bonchev–Trinajstić information content (AvgIpc) is 2.58. The summed E-state index contributed by atoms with van der Waals surface area (Å²) in [6, 6.07) is 1.48. The van der Waals surface area contributed by atoms with Crippen molar-refractivity contribution in [1.29, 1.82) is 0 Å². The molecule has 1 aliphatic rings. The predicted molar refractivity (Wildman–Crippen MR) is 57.7 cm³/mol. The molecule has 2 amide bonds. The van der Waals surface area contributed by atoms with E-state index in [2.05, 4.69) is 4.98 Å². The van der Waals surface area contributed by atoms with E-state index in [1.54, 1.807) is 6.92 Å². The Morgan fingerprint density at radius 3 is 2.47 bits per heavy atom. The maximum atomic E-state index is 11.6. The van der Waals surface area contributed by atoms with E-state index in [1.165, 1.54) is 12.3 Å².